The van der Waals surface area contributed by atoms with E-state index in [0.717, 1.165) is 23.1 Å². The third-order valence-electron chi connectivity index (χ3n) is 2.72. The first-order valence-corrected chi connectivity index (χ1v) is 6.87. The van der Waals surface area contributed by atoms with Crippen molar-refractivity contribution in [1.82, 2.24) is 4.90 Å². The molecule has 0 bridgehead atoms. The van der Waals surface area contributed by atoms with Crippen LogP contribution in [-0.2, 0) is 6.54 Å². The van der Waals surface area contributed by atoms with E-state index < -0.39 is 0 Å². The summed E-state index contributed by atoms with van der Waals surface area (Å²) in [6, 6.07) is 5.40. The van der Waals surface area contributed by atoms with E-state index in [2.05, 4.69) is 48.5 Å². The summed E-state index contributed by atoms with van der Waals surface area (Å²) in [6.07, 6.45) is 0. The van der Waals surface area contributed by atoms with Gasteiger partial charge in [0.25, 0.3) is 0 Å². The van der Waals surface area contributed by atoms with Gasteiger partial charge in [-0.3, -0.25) is 4.90 Å². The molecule has 96 valence electrons. The van der Waals surface area contributed by atoms with Crippen LogP contribution in [0.2, 0.25) is 0 Å². The first-order valence-electron chi connectivity index (χ1n) is 6.08. The highest BCUT2D eigenvalue weighted by molar-refractivity contribution is 9.10. The molecule has 0 saturated heterocycles. The molecule has 3 heteroatoms. The SMILES string of the molecule is CC(C)CN(Cc1ccc(F)cc1Br)C(C)C. The maximum atomic E-state index is 13.0. The van der Waals surface area contributed by atoms with Crippen LogP contribution in [0.3, 0.4) is 0 Å². The van der Waals surface area contributed by atoms with Gasteiger partial charge in [0.15, 0.2) is 0 Å². The predicted octanol–water partition coefficient (Wildman–Crippen LogP) is 4.45. The Hall–Kier alpha value is -0.410. The van der Waals surface area contributed by atoms with Crippen LogP contribution in [0.25, 0.3) is 0 Å². The Labute approximate surface area is 112 Å². The first kappa shape index (κ1) is 14.7. The van der Waals surface area contributed by atoms with Crippen molar-refractivity contribution < 1.29 is 4.39 Å². The average Bonchev–Trinajstić information content (AvgIpc) is 2.19. The molecular weight excluding hydrogens is 281 g/mol. The molecule has 1 aromatic rings. The van der Waals surface area contributed by atoms with Gasteiger partial charge in [-0.15, -0.1) is 0 Å². The Morgan fingerprint density at radius 2 is 1.88 bits per heavy atom. The van der Waals surface area contributed by atoms with Gasteiger partial charge in [0.05, 0.1) is 0 Å². The van der Waals surface area contributed by atoms with Crippen LogP contribution in [0.4, 0.5) is 4.39 Å². The Kier molecular flexibility index (Phi) is 5.60. The Balaban J connectivity index is 2.78. The molecule has 1 nitrogen and oxygen atoms in total. The largest absolute Gasteiger partial charge is 0.296 e. The zero-order valence-electron chi connectivity index (χ0n) is 11.0. The Morgan fingerprint density at radius 3 is 2.35 bits per heavy atom. The van der Waals surface area contributed by atoms with E-state index in [0.29, 0.717) is 12.0 Å². The van der Waals surface area contributed by atoms with Crippen molar-refractivity contribution in [2.75, 3.05) is 6.54 Å². The van der Waals surface area contributed by atoms with Crippen molar-refractivity contribution in [3.05, 3.63) is 34.1 Å². The highest BCUT2D eigenvalue weighted by Crippen LogP contribution is 2.21. The maximum absolute atomic E-state index is 13.0. The lowest BCUT2D eigenvalue weighted by Crippen LogP contribution is -2.33. The van der Waals surface area contributed by atoms with Crippen molar-refractivity contribution in [3.63, 3.8) is 0 Å². The molecule has 0 N–H and O–H groups in total. The summed E-state index contributed by atoms with van der Waals surface area (Å²) in [5.74, 6) is 0.442. The number of halogens is 2. The summed E-state index contributed by atoms with van der Waals surface area (Å²) in [5.41, 5.74) is 1.14. The number of hydrogen-bond acceptors (Lipinski definition) is 1. The molecule has 0 fully saturated rings. The molecule has 1 aromatic carbocycles. The molecule has 0 atom stereocenters. The first-order chi connectivity index (χ1) is 7.90. The fourth-order valence-electron chi connectivity index (χ4n) is 1.80. The molecule has 0 amide bonds. The Bertz CT molecular complexity index is 363. The van der Waals surface area contributed by atoms with E-state index in [9.17, 15) is 4.39 Å². The van der Waals surface area contributed by atoms with Crippen LogP contribution in [0.1, 0.15) is 33.3 Å². The van der Waals surface area contributed by atoms with Crippen molar-refractivity contribution in [2.24, 2.45) is 5.92 Å². The molecule has 0 unspecified atom stereocenters. The number of benzene rings is 1. The van der Waals surface area contributed by atoms with Gasteiger partial charge in [-0.1, -0.05) is 35.8 Å². The number of nitrogens with zero attached hydrogens (tertiary/aromatic N) is 1. The molecule has 1 rings (SSSR count). The molecular formula is C14H21BrFN. The van der Waals surface area contributed by atoms with E-state index in [-0.39, 0.29) is 5.82 Å². The van der Waals surface area contributed by atoms with Gasteiger partial charge in [-0.05, 0) is 37.5 Å². The second-order valence-corrected chi connectivity index (χ2v) is 6.01. The van der Waals surface area contributed by atoms with Gasteiger partial charge in [0.2, 0.25) is 0 Å². The van der Waals surface area contributed by atoms with Gasteiger partial charge >= 0.3 is 0 Å². The normalized spacial score (nSPS) is 11.8. The predicted molar refractivity (Wildman–Crippen MR) is 74.5 cm³/mol. The fraction of sp³-hybridized carbons (Fsp3) is 0.571. The summed E-state index contributed by atoms with van der Waals surface area (Å²) in [5, 5.41) is 0. The van der Waals surface area contributed by atoms with Crippen molar-refractivity contribution in [3.8, 4) is 0 Å². The third kappa shape index (κ3) is 4.76. The van der Waals surface area contributed by atoms with Crippen LogP contribution >= 0.6 is 15.9 Å². The van der Waals surface area contributed by atoms with Crippen LogP contribution in [0.15, 0.2) is 22.7 Å². The summed E-state index contributed by atoms with van der Waals surface area (Å²) in [4.78, 5) is 2.41. The summed E-state index contributed by atoms with van der Waals surface area (Å²) >= 11 is 3.42. The van der Waals surface area contributed by atoms with E-state index in [1.165, 1.54) is 12.1 Å². The standard InChI is InChI=1S/C14H21BrFN/c1-10(2)8-17(11(3)4)9-12-5-6-13(16)7-14(12)15/h5-7,10-11H,8-9H2,1-4H3. The lowest BCUT2D eigenvalue weighted by Gasteiger charge is -2.28. The van der Waals surface area contributed by atoms with Crippen molar-refractivity contribution in [2.45, 2.75) is 40.3 Å². The van der Waals surface area contributed by atoms with Crippen LogP contribution < -0.4 is 0 Å². The van der Waals surface area contributed by atoms with Gasteiger partial charge in [0, 0.05) is 23.6 Å². The van der Waals surface area contributed by atoms with Crippen LogP contribution in [0, 0.1) is 11.7 Å². The molecule has 0 heterocycles. The summed E-state index contributed by atoms with van der Waals surface area (Å²) in [7, 11) is 0. The third-order valence-corrected chi connectivity index (χ3v) is 3.46. The molecule has 17 heavy (non-hydrogen) atoms. The second-order valence-electron chi connectivity index (χ2n) is 5.15. The van der Waals surface area contributed by atoms with E-state index >= 15 is 0 Å². The van der Waals surface area contributed by atoms with Crippen LogP contribution in [0.5, 0.6) is 0 Å². The fourth-order valence-corrected chi connectivity index (χ4v) is 2.27. The van der Waals surface area contributed by atoms with Crippen molar-refractivity contribution in [1.29, 1.82) is 0 Å². The minimum absolute atomic E-state index is 0.194. The lowest BCUT2D eigenvalue weighted by atomic mass is 10.1. The molecule has 0 saturated carbocycles. The van der Waals surface area contributed by atoms with E-state index in [1.54, 1.807) is 0 Å². The average molecular weight is 302 g/mol. The van der Waals surface area contributed by atoms with Gasteiger partial charge in [-0.25, -0.2) is 4.39 Å². The molecule has 0 aliphatic rings. The van der Waals surface area contributed by atoms with Crippen molar-refractivity contribution >= 4 is 15.9 Å². The highest BCUT2D eigenvalue weighted by atomic mass is 79.9. The second kappa shape index (κ2) is 6.50. The molecule has 0 radical (unpaired) electrons. The molecule has 0 aliphatic carbocycles. The van der Waals surface area contributed by atoms with Crippen LogP contribution in [-0.4, -0.2) is 17.5 Å². The number of rotatable bonds is 5. The maximum Gasteiger partial charge on any atom is 0.124 e. The minimum atomic E-state index is -0.194. The molecule has 0 spiro atoms. The van der Waals surface area contributed by atoms with Gasteiger partial charge < -0.3 is 0 Å². The highest BCUT2D eigenvalue weighted by Gasteiger charge is 2.13. The molecule has 0 aromatic heterocycles. The smallest absolute Gasteiger partial charge is 0.124 e. The zero-order chi connectivity index (χ0) is 13.0. The number of hydrogen-bond donors (Lipinski definition) is 0. The minimum Gasteiger partial charge on any atom is -0.296 e. The monoisotopic (exact) mass is 301 g/mol. The topological polar surface area (TPSA) is 3.24 Å². The molecule has 0 aliphatic heterocycles. The van der Waals surface area contributed by atoms with E-state index in [4.69, 9.17) is 0 Å². The van der Waals surface area contributed by atoms with Gasteiger partial charge in [-0.2, -0.15) is 0 Å². The lowest BCUT2D eigenvalue weighted by molar-refractivity contribution is 0.189. The zero-order valence-corrected chi connectivity index (χ0v) is 12.6. The van der Waals surface area contributed by atoms with Gasteiger partial charge in [0.1, 0.15) is 5.82 Å². The summed E-state index contributed by atoms with van der Waals surface area (Å²) in [6.45, 7) is 10.7. The summed E-state index contributed by atoms with van der Waals surface area (Å²) < 4.78 is 13.9. The quantitative estimate of drug-likeness (QED) is 0.776. The van der Waals surface area contributed by atoms with E-state index in [1.807, 2.05) is 6.07 Å². The Morgan fingerprint density at radius 1 is 1.24 bits per heavy atom.